The summed E-state index contributed by atoms with van der Waals surface area (Å²) >= 11 is 0. The van der Waals surface area contributed by atoms with Gasteiger partial charge in [-0.1, -0.05) is 70.2 Å². The molecule has 1 radical (unpaired) electrons. The van der Waals surface area contributed by atoms with E-state index in [1.165, 1.54) is 22.3 Å². The van der Waals surface area contributed by atoms with Crippen LogP contribution in [-0.4, -0.2) is 0 Å². The molecule has 2 aromatic carbocycles. The third kappa shape index (κ3) is 2.64. The van der Waals surface area contributed by atoms with Crippen LogP contribution in [0.25, 0.3) is 11.1 Å². The average Bonchev–Trinajstić information content (AvgIpc) is 2.39. The van der Waals surface area contributed by atoms with Crippen molar-refractivity contribution in [3.8, 4) is 11.1 Å². The minimum absolute atomic E-state index is 0.506. The van der Waals surface area contributed by atoms with Crippen molar-refractivity contribution in [3.63, 3.8) is 0 Å². The van der Waals surface area contributed by atoms with Gasteiger partial charge < -0.3 is 0 Å². The van der Waals surface area contributed by atoms with Crippen LogP contribution in [0.3, 0.4) is 0 Å². The third-order valence-corrected chi connectivity index (χ3v) is 3.35. The zero-order valence-corrected chi connectivity index (χ0v) is 11.7. The van der Waals surface area contributed by atoms with E-state index in [0.717, 1.165) is 0 Å². The van der Waals surface area contributed by atoms with Gasteiger partial charge in [0.2, 0.25) is 0 Å². The van der Waals surface area contributed by atoms with Gasteiger partial charge in [-0.05, 0) is 40.2 Å². The van der Waals surface area contributed by atoms with E-state index in [4.69, 9.17) is 0 Å². The molecule has 0 heteroatoms. The maximum atomic E-state index is 3.37. The first-order valence-electron chi connectivity index (χ1n) is 6.70. The molecule has 0 unspecified atom stereocenters. The Morgan fingerprint density at radius 2 is 1.50 bits per heavy atom. The van der Waals surface area contributed by atoms with Gasteiger partial charge in [-0.2, -0.15) is 0 Å². The Bertz CT molecular complexity index is 504. The summed E-state index contributed by atoms with van der Waals surface area (Å²) in [4.78, 5) is 0. The molecule has 0 aliphatic heterocycles. The van der Waals surface area contributed by atoms with Crippen LogP contribution in [-0.2, 0) is 0 Å². The zero-order valence-electron chi connectivity index (χ0n) is 11.7. The average molecular weight is 237 g/mol. The Morgan fingerprint density at radius 3 is 2.06 bits per heavy atom. The molecule has 18 heavy (non-hydrogen) atoms. The second-order valence-corrected chi connectivity index (χ2v) is 5.43. The van der Waals surface area contributed by atoms with E-state index in [-0.39, 0.29) is 0 Å². The number of rotatable bonds is 3. The Labute approximate surface area is 111 Å². The molecule has 0 saturated heterocycles. The molecular formula is C18H21. The highest BCUT2D eigenvalue weighted by atomic mass is 14.1. The number of hydrogen-bond donors (Lipinski definition) is 0. The lowest BCUT2D eigenvalue weighted by molar-refractivity contribution is 0.863. The highest BCUT2D eigenvalue weighted by molar-refractivity contribution is 5.68. The van der Waals surface area contributed by atoms with Crippen LogP contribution in [0.2, 0.25) is 0 Å². The van der Waals surface area contributed by atoms with E-state index in [1.54, 1.807) is 0 Å². The van der Waals surface area contributed by atoms with Crippen LogP contribution in [0, 0.1) is 6.07 Å². The molecule has 0 nitrogen and oxygen atoms in total. The lowest BCUT2D eigenvalue weighted by atomic mass is 9.91. The van der Waals surface area contributed by atoms with Gasteiger partial charge in [0, 0.05) is 0 Å². The highest BCUT2D eigenvalue weighted by Crippen LogP contribution is 2.29. The van der Waals surface area contributed by atoms with Crippen molar-refractivity contribution in [2.24, 2.45) is 0 Å². The molecule has 0 heterocycles. The number of hydrogen-bond acceptors (Lipinski definition) is 0. The van der Waals surface area contributed by atoms with Crippen LogP contribution in [0.5, 0.6) is 0 Å². The van der Waals surface area contributed by atoms with E-state index in [9.17, 15) is 0 Å². The van der Waals surface area contributed by atoms with Crippen LogP contribution in [0.1, 0.15) is 50.7 Å². The smallest absolute Gasteiger partial charge is 0.0140 e. The van der Waals surface area contributed by atoms with Crippen molar-refractivity contribution in [3.05, 3.63) is 59.7 Å². The van der Waals surface area contributed by atoms with Crippen molar-refractivity contribution in [2.75, 3.05) is 0 Å². The van der Waals surface area contributed by atoms with E-state index < -0.39 is 0 Å². The summed E-state index contributed by atoms with van der Waals surface area (Å²) in [5.41, 5.74) is 5.29. The van der Waals surface area contributed by atoms with Gasteiger partial charge in [0.05, 0.1) is 0 Å². The van der Waals surface area contributed by atoms with Crippen LogP contribution < -0.4 is 0 Å². The molecule has 0 aliphatic carbocycles. The van der Waals surface area contributed by atoms with Gasteiger partial charge in [-0.3, -0.25) is 0 Å². The Morgan fingerprint density at radius 1 is 0.833 bits per heavy atom. The lowest BCUT2D eigenvalue weighted by Gasteiger charge is -2.13. The molecule has 0 fully saturated rings. The van der Waals surface area contributed by atoms with Crippen molar-refractivity contribution < 1.29 is 0 Å². The molecule has 93 valence electrons. The molecule has 0 aromatic heterocycles. The molecule has 2 aromatic rings. The molecular weight excluding hydrogens is 216 g/mol. The van der Waals surface area contributed by atoms with Crippen LogP contribution >= 0.6 is 0 Å². The molecule has 0 spiro atoms. The summed E-state index contributed by atoms with van der Waals surface area (Å²) in [7, 11) is 0. The first-order valence-corrected chi connectivity index (χ1v) is 6.70. The summed E-state index contributed by atoms with van der Waals surface area (Å²) in [5, 5.41) is 0. The van der Waals surface area contributed by atoms with Crippen LogP contribution in [0.15, 0.2) is 42.5 Å². The summed E-state index contributed by atoms with van der Waals surface area (Å²) in [6, 6.07) is 18.6. The van der Waals surface area contributed by atoms with E-state index in [1.807, 2.05) is 6.07 Å². The fraction of sp³-hybridized carbons (Fsp3) is 0.333. The van der Waals surface area contributed by atoms with E-state index in [0.29, 0.717) is 11.8 Å². The fourth-order valence-electron chi connectivity index (χ4n) is 2.23. The third-order valence-electron chi connectivity index (χ3n) is 3.35. The Hall–Kier alpha value is -1.56. The standard InChI is InChI=1S/C18H21/c1-13(2)15-9-11-16(12-10-15)18-8-6-5-7-17(18)14(3)4/h5-6,8-14H,1-4H3. The van der Waals surface area contributed by atoms with Gasteiger partial charge in [0.25, 0.3) is 0 Å². The lowest BCUT2D eigenvalue weighted by Crippen LogP contribution is -1.93. The van der Waals surface area contributed by atoms with Crippen molar-refractivity contribution in [2.45, 2.75) is 39.5 Å². The maximum absolute atomic E-state index is 3.37. The SMILES string of the molecule is CC(C)c1ccc(-c2ccc[c]c2C(C)C)cc1. The van der Waals surface area contributed by atoms with Gasteiger partial charge in [-0.25, -0.2) is 0 Å². The Kier molecular flexibility index (Phi) is 3.86. The fourth-order valence-corrected chi connectivity index (χ4v) is 2.23. The number of benzene rings is 2. The predicted molar refractivity (Wildman–Crippen MR) is 78.9 cm³/mol. The first-order chi connectivity index (χ1) is 8.59. The van der Waals surface area contributed by atoms with Crippen molar-refractivity contribution in [1.29, 1.82) is 0 Å². The Balaban J connectivity index is 2.43. The second kappa shape index (κ2) is 5.39. The summed E-state index contributed by atoms with van der Waals surface area (Å²) in [6.45, 7) is 8.89. The molecule has 0 N–H and O–H groups in total. The van der Waals surface area contributed by atoms with Crippen molar-refractivity contribution in [1.82, 2.24) is 0 Å². The second-order valence-electron chi connectivity index (χ2n) is 5.43. The zero-order chi connectivity index (χ0) is 13.1. The molecule has 0 amide bonds. The quantitative estimate of drug-likeness (QED) is 0.670. The molecule has 2 rings (SSSR count). The summed E-state index contributed by atoms with van der Waals surface area (Å²) < 4.78 is 0. The van der Waals surface area contributed by atoms with Gasteiger partial charge >= 0.3 is 0 Å². The normalized spacial score (nSPS) is 11.2. The largest absolute Gasteiger partial charge is 0.0610 e. The van der Waals surface area contributed by atoms with Crippen LogP contribution in [0.4, 0.5) is 0 Å². The molecule has 0 aliphatic rings. The summed E-state index contributed by atoms with van der Waals surface area (Å²) in [5.74, 6) is 1.09. The molecule has 0 saturated carbocycles. The van der Waals surface area contributed by atoms with Gasteiger partial charge in [-0.15, -0.1) is 0 Å². The molecule has 0 bridgehead atoms. The molecule has 0 atom stereocenters. The minimum atomic E-state index is 0.506. The van der Waals surface area contributed by atoms with Crippen molar-refractivity contribution >= 4 is 0 Å². The van der Waals surface area contributed by atoms with Gasteiger partial charge in [0.1, 0.15) is 0 Å². The predicted octanol–water partition coefficient (Wildman–Crippen LogP) is 5.40. The maximum Gasteiger partial charge on any atom is -0.0140 e. The highest BCUT2D eigenvalue weighted by Gasteiger charge is 2.08. The monoisotopic (exact) mass is 237 g/mol. The summed E-state index contributed by atoms with van der Waals surface area (Å²) in [6.07, 6.45) is 0. The van der Waals surface area contributed by atoms with Gasteiger partial charge in [0.15, 0.2) is 0 Å². The first kappa shape index (κ1) is 12.9. The topological polar surface area (TPSA) is 0 Å². The van der Waals surface area contributed by atoms with E-state index in [2.05, 4.69) is 70.2 Å². The van der Waals surface area contributed by atoms with E-state index >= 15 is 0 Å². The minimum Gasteiger partial charge on any atom is -0.0610 e.